The van der Waals surface area contributed by atoms with E-state index in [0.29, 0.717) is 37.8 Å². The maximum atomic E-state index is 14.3. The molecule has 3 aliphatic heterocycles. The van der Waals surface area contributed by atoms with Crippen molar-refractivity contribution in [3.8, 4) is 22.4 Å². The van der Waals surface area contributed by atoms with Gasteiger partial charge < -0.3 is 48.8 Å². The van der Waals surface area contributed by atoms with Crippen molar-refractivity contribution in [1.29, 1.82) is 0 Å². The van der Waals surface area contributed by atoms with Crippen LogP contribution in [0.15, 0.2) is 60.8 Å². The number of H-pyrrole nitrogens is 2. The lowest BCUT2D eigenvalue weighted by Gasteiger charge is -2.32. The zero-order valence-electron chi connectivity index (χ0n) is 36.2. The highest BCUT2D eigenvalue weighted by atomic mass is 16.7. The highest BCUT2D eigenvalue weighted by Crippen LogP contribution is 2.44. The predicted octanol–water partition coefficient (Wildman–Crippen LogP) is 6.29. The van der Waals surface area contributed by atoms with Gasteiger partial charge in [-0.05, 0) is 59.9 Å². The third-order valence-corrected chi connectivity index (χ3v) is 12.8. The SMILES string of the molecule is COC(=O)N[C@H](C(=O)N1CCC[C@H]1c1nc2c(ccc3cc(-c4ccc(-c5cnc([C@@H]6CC7(CN6C(=O)[C@H](C(C)C)C(C)C(=O)OC)OCCO7)[nH]5)cc4)ccc32)[nH]1)[C@@H](C)OC. The van der Waals surface area contributed by atoms with Gasteiger partial charge in [-0.1, -0.05) is 63.2 Å². The number of alkyl carbamates (subject to hydrolysis) is 1. The summed E-state index contributed by atoms with van der Waals surface area (Å²) in [4.78, 5) is 73.1. The molecule has 0 radical (unpaired) electrons. The summed E-state index contributed by atoms with van der Waals surface area (Å²) in [6, 6.07) is 17.0. The molecule has 0 bridgehead atoms. The van der Waals surface area contributed by atoms with Gasteiger partial charge in [0.2, 0.25) is 11.8 Å². The molecule has 5 aromatic rings. The molecular formula is C46H55N7O9. The standard InChI is InChI=1S/C46H55N7O9/c1-25(2)37(26(3)44(56)59-6)42(54)53-24-46(61-19-20-62-46)22-36(53)40-47-23-34(49-40)29-12-10-28(11-13-29)30-14-16-32-31(21-30)15-17-33-39(32)50-41(48-33)35-9-8-18-52(35)43(55)38(27(4)58-5)51-45(57)60-7/h10-17,21,23,25-27,35-38H,8-9,18-20,22,24H2,1-7H3,(H,47,49)(H,48,50)(H,51,57)/t26?,27-,35+,36+,37-,38+/m1/s1. The maximum absolute atomic E-state index is 14.3. The molecule has 62 heavy (non-hydrogen) atoms. The highest BCUT2D eigenvalue weighted by molar-refractivity contribution is 6.05. The zero-order chi connectivity index (χ0) is 43.9. The molecule has 5 heterocycles. The number of ether oxygens (including phenoxy) is 5. The minimum absolute atomic E-state index is 0.109. The van der Waals surface area contributed by atoms with Crippen LogP contribution in [-0.4, -0.2) is 119 Å². The Kier molecular flexibility index (Phi) is 12.1. The number of carbonyl (C=O) groups is 4. The number of aromatic amines is 2. The van der Waals surface area contributed by atoms with Crippen LogP contribution < -0.4 is 5.32 Å². The molecule has 0 aliphatic carbocycles. The number of esters is 1. The third-order valence-electron chi connectivity index (χ3n) is 12.8. The van der Waals surface area contributed by atoms with E-state index in [1.54, 1.807) is 29.8 Å². The Balaban J connectivity index is 1.01. The van der Waals surface area contributed by atoms with E-state index in [2.05, 4.69) is 51.7 Å². The number of aromatic nitrogens is 4. The summed E-state index contributed by atoms with van der Waals surface area (Å²) >= 11 is 0. The molecule has 0 saturated carbocycles. The molecule has 6 atom stereocenters. The van der Waals surface area contributed by atoms with E-state index in [1.165, 1.54) is 21.3 Å². The number of nitrogens with one attached hydrogen (secondary N) is 3. The molecule has 8 rings (SSSR count). The van der Waals surface area contributed by atoms with Crippen LogP contribution in [-0.2, 0) is 38.1 Å². The van der Waals surface area contributed by atoms with Crippen molar-refractivity contribution >= 4 is 45.7 Å². The predicted molar refractivity (Wildman–Crippen MR) is 229 cm³/mol. The van der Waals surface area contributed by atoms with Gasteiger partial charge in [-0.2, -0.15) is 0 Å². The fraction of sp³-hybridized carbons (Fsp3) is 0.478. The van der Waals surface area contributed by atoms with Crippen molar-refractivity contribution in [3.05, 3.63) is 72.4 Å². The molecule has 16 heteroatoms. The lowest BCUT2D eigenvalue weighted by Crippen LogP contribution is -2.54. The first-order valence-corrected chi connectivity index (χ1v) is 21.3. The van der Waals surface area contributed by atoms with E-state index in [4.69, 9.17) is 33.7 Å². The smallest absolute Gasteiger partial charge is 0.407 e. The second-order valence-corrected chi connectivity index (χ2v) is 16.9. The van der Waals surface area contributed by atoms with Crippen molar-refractivity contribution < 1.29 is 42.9 Å². The summed E-state index contributed by atoms with van der Waals surface area (Å²) < 4.78 is 27.4. The second-order valence-electron chi connectivity index (χ2n) is 16.9. The Labute approximate surface area is 360 Å². The van der Waals surface area contributed by atoms with Gasteiger partial charge in [0.15, 0.2) is 5.79 Å². The third kappa shape index (κ3) is 8.02. The van der Waals surface area contributed by atoms with Crippen LogP contribution in [0.3, 0.4) is 0 Å². The van der Waals surface area contributed by atoms with E-state index in [9.17, 15) is 19.2 Å². The molecule has 3 aliphatic rings. The second kappa shape index (κ2) is 17.5. The van der Waals surface area contributed by atoms with Gasteiger partial charge in [-0.15, -0.1) is 0 Å². The van der Waals surface area contributed by atoms with Crippen molar-refractivity contribution in [1.82, 2.24) is 35.1 Å². The van der Waals surface area contributed by atoms with Crippen LogP contribution in [0.1, 0.15) is 70.7 Å². The average molecular weight is 850 g/mol. The molecule has 328 valence electrons. The quantitative estimate of drug-likeness (QED) is 0.120. The van der Waals surface area contributed by atoms with Gasteiger partial charge >= 0.3 is 12.1 Å². The average Bonchev–Trinajstić information content (AvgIpc) is 4.15. The van der Waals surface area contributed by atoms with E-state index < -0.39 is 47.9 Å². The molecule has 3 fully saturated rings. The van der Waals surface area contributed by atoms with E-state index >= 15 is 0 Å². The summed E-state index contributed by atoms with van der Waals surface area (Å²) in [7, 11) is 4.10. The fourth-order valence-electron chi connectivity index (χ4n) is 9.47. The maximum Gasteiger partial charge on any atom is 0.407 e. The van der Waals surface area contributed by atoms with Crippen LogP contribution in [0.2, 0.25) is 0 Å². The van der Waals surface area contributed by atoms with Gasteiger partial charge in [0.25, 0.3) is 0 Å². The zero-order valence-corrected chi connectivity index (χ0v) is 36.2. The fourth-order valence-corrected chi connectivity index (χ4v) is 9.47. The first-order valence-electron chi connectivity index (χ1n) is 21.3. The van der Waals surface area contributed by atoms with Crippen molar-refractivity contribution in [3.63, 3.8) is 0 Å². The molecule has 3 N–H and O–H groups in total. The Hall–Kier alpha value is -5.84. The number of fused-ring (bicyclic) bond motifs is 3. The van der Waals surface area contributed by atoms with Gasteiger partial charge in [0, 0.05) is 25.5 Å². The number of hydrogen-bond donors (Lipinski definition) is 3. The molecular weight excluding hydrogens is 795 g/mol. The minimum atomic E-state index is -0.924. The Bertz CT molecular complexity index is 2460. The molecule has 2 aromatic heterocycles. The lowest BCUT2D eigenvalue weighted by atomic mass is 9.83. The number of amides is 3. The normalized spacial score (nSPS) is 20.5. The van der Waals surface area contributed by atoms with Crippen molar-refractivity contribution in [2.75, 3.05) is 47.6 Å². The molecule has 3 amide bonds. The lowest BCUT2D eigenvalue weighted by molar-refractivity contribution is -0.159. The number of methoxy groups -OCH3 is 3. The number of carbonyl (C=O) groups excluding carboxylic acids is 4. The number of likely N-dealkylation sites (tertiary alicyclic amines) is 2. The molecule has 16 nitrogen and oxygen atoms in total. The molecule has 3 aromatic carbocycles. The highest BCUT2D eigenvalue weighted by Gasteiger charge is 2.53. The van der Waals surface area contributed by atoms with Crippen LogP contribution in [0.4, 0.5) is 4.79 Å². The van der Waals surface area contributed by atoms with Gasteiger partial charge in [0.05, 0.1) is 86.9 Å². The van der Waals surface area contributed by atoms with E-state index in [1.807, 2.05) is 32.0 Å². The summed E-state index contributed by atoms with van der Waals surface area (Å²) in [5.74, 6) is -1.76. The van der Waals surface area contributed by atoms with Gasteiger partial charge in [-0.3, -0.25) is 14.4 Å². The van der Waals surface area contributed by atoms with Crippen LogP contribution in [0, 0.1) is 17.8 Å². The Morgan fingerprint density at radius 3 is 2.26 bits per heavy atom. The largest absolute Gasteiger partial charge is 0.469 e. The summed E-state index contributed by atoms with van der Waals surface area (Å²) in [6.45, 7) is 9.02. The Morgan fingerprint density at radius 2 is 1.56 bits per heavy atom. The number of hydrogen-bond acceptors (Lipinski definition) is 11. The molecule has 1 unspecified atom stereocenters. The topological polar surface area (TPSA) is 190 Å². The summed E-state index contributed by atoms with van der Waals surface area (Å²) in [5.41, 5.74) is 5.50. The number of rotatable bonds is 12. The van der Waals surface area contributed by atoms with Crippen LogP contribution >= 0.6 is 0 Å². The van der Waals surface area contributed by atoms with E-state index in [0.717, 1.165) is 57.0 Å². The van der Waals surface area contributed by atoms with E-state index in [-0.39, 0.29) is 30.3 Å². The van der Waals surface area contributed by atoms with Crippen LogP contribution in [0.5, 0.6) is 0 Å². The summed E-state index contributed by atoms with van der Waals surface area (Å²) in [5, 5.41) is 4.65. The number of imidazole rings is 2. The van der Waals surface area contributed by atoms with Crippen LogP contribution in [0.25, 0.3) is 44.2 Å². The monoisotopic (exact) mass is 849 g/mol. The minimum Gasteiger partial charge on any atom is -0.469 e. The Morgan fingerprint density at radius 1 is 0.839 bits per heavy atom. The number of benzene rings is 3. The van der Waals surface area contributed by atoms with Gasteiger partial charge in [-0.25, -0.2) is 14.8 Å². The first kappa shape index (κ1) is 42.8. The van der Waals surface area contributed by atoms with Crippen molar-refractivity contribution in [2.45, 2.75) is 77.0 Å². The van der Waals surface area contributed by atoms with Gasteiger partial charge in [0.1, 0.15) is 17.7 Å². The molecule has 3 saturated heterocycles. The summed E-state index contributed by atoms with van der Waals surface area (Å²) in [6.07, 6.45) is 2.46. The number of nitrogens with zero attached hydrogens (tertiary/aromatic N) is 4. The molecule has 1 spiro atoms. The first-order chi connectivity index (χ1) is 29.8. The van der Waals surface area contributed by atoms with Crippen molar-refractivity contribution in [2.24, 2.45) is 17.8 Å².